The molecule has 5 rings (SSSR count). The Hall–Kier alpha value is -2.27. The molecule has 0 fully saturated rings. The predicted octanol–water partition coefficient (Wildman–Crippen LogP) is 3.33. The summed E-state index contributed by atoms with van der Waals surface area (Å²) in [5.41, 5.74) is 3.75. The first-order valence-electron chi connectivity index (χ1n) is 7.65. The minimum absolute atomic E-state index is 1.00. The van der Waals surface area contributed by atoms with Crippen molar-refractivity contribution in [1.82, 2.24) is 15.0 Å². The summed E-state index contributed by atoms with van der Waals surface area (Å²) >= 11 is 1.84. The molecule has 0 unspecified atom stereocenters. The number of aryl methyl sites for hydroxylation is 2. The van der Waals surface area contributed by atoms with Gasteiger partial charge in [-0.1, -0.05) is 17.1 Å². The molecule has 0 bridgehead atoms. The third-order valence-electron chi connectivity index (χ3n) is 4.47. The number of benzene rings is 1. The first kappa shape index (κ1) is 12.3. The number of aromatic nitrogens is 4. The first-order chi connectivity index (χ1) is 10.9. The summed E-state index contributed by atoms with van der Waals surface area (Å²) in [6.07, 6.45) is 8.59. The zero-order valence-electron chi connectivity index (χ0n) is 12.0. The molecule has 0 saturated carbocycles. The van der Waals surface area contributed by atoms with Crippen LogP contribution in [0, 0.1) is 0 Å². The van der Waals surface area contributed by atoms with Gasteiger partial charge in [0, 0.05) is 4.88 Å². The van der Waals surface area contributed by atoms with Gasteiger partial charge in [0.1, 0.15) is 15.9 Å². The number of aromatic amines is 1. The van der Waals surface area contributed by atoms with E-state index in [2.05, 4.69) is 37.7 Å². The molecular weight excluding hydrogens is 292 g/mol. The fourth-order valence-corrected chi connectivity index (χ4v) is 4.66. The Morgan fingerprint density at radius 3 is 3.00 bits per heavy atom. The standard InChI is InChI=1S/C17H14N4S/c1-4-8-14-11(5-1)15-16(18-9-19-17(15)22-14)21-10-20-12-6-2-3-7-13(12)21/h2-3,6-7,9-10H,1,4-5,8H2/p+1. The Kier molecular flexibility index (Phi) is 2.58. The van der Waals surface area contributed by atoms with Crippen LogP contribution >= 0.6 is 11.3 Å². The zero-order chi connectivity index (χ0) is 14.5. The van der Waals surface area contributed by atoms with Crippen molar-refractivity contribution >= 4 is 32.6 Å². The van der Waals surface area contributed by atoms with Gasteiger partial charge in [0.15, 0.2) is 12.7 Å². The van der Waals surface area contributed by atoms with Crippen LogP contribution in [0.4, 0.5) is 0 Å². The molecule has 0 amide bonds. The third-order valence-corrected chi connectivity index (χ3v) is 5.67. The normalized spacial score (nSPS) is 14.5. The fourth-order valence-electron chi connectivity index (χ4n) is 3.44. The van der Waals surface area contributed by atoms with Crippen LogP contribution < -0.4 is 4.57 Å². The van der Waals surface area contributed by atoms with Crippen molar-refractivity contribution in [3.05, 3.63) is 47.4 Å². The van der Waals surface area contributed by atoms with Crippen LogP contribution in [0.1, 0.15) is 23.3 Å². The van der Waals surface area contributed by atoms with Gasteiger partial charge in [0.05, 0.1) is 5.39 Å². The van der Waals surface area contributed by atoms with Gasteiger partial charge < -0.3 is 0 Å². The van der Waals surface area contributed by atoms with Crippen LogP contribution in [-0.4, -0.2) is 15.0 Å². The molecule has 1 aliphatic carbocycles. The number of fused-ring (bicyclic) bond motifs is 4. The largest absolute Gasteiger partial charge is 0.279 e. The summed E-state index contributed by atoms with van der Waals surface area (Å²) in [6, 6.07) is 8.32. The van der Waals surface area contributed by atoms with Gasteiger partial charge in [-0.15, -0.1) is 11.3 Å². The molecule has 0 atom stereocenters. The van der Waals surface area contributed by atoms with Crippen molar-refractivity contribution in [1.29, 1.82) is 0 Å². The summed E-state index contributed by atoms with van der Waals surface area (Å²) in [4.78, 5) is 15.1. The number of H-pyrrole nitrogens is 1. The summed E-state index contributed by atoms with van der Waals surface area (Å²) in [5.74, 6) is 1.00. The number of rotatable bonds is 1. The lowest BCUT2D eigenvalue weighted by Crippen LogP contribution is -2.30. The van der Waals surface area contributed by atoms with Gasteiger partial charge >= 0.3 is 0 Å². The van der Waals surface area contributed by atoms with Crippen LogP contribution in [-0.2, 0) is 12.8 Å². The number of imidazole rings is 1. The number of nitrogens with one attached hydrogen (secondary N) is 1. The van der Waals surface area contributed by atoms with E-state index in [1.54, 1.807) is 6.33 Å². The zero-order valence-corrected chi connectivity index (χ0v) is 12.9. The summed E-state index contributed by atoms with van der Waals surface area (Å²) in [7, 11) is 0. The molecule has 5 heteroatoms. The number of para-hydroxylation sites is 2. The third kappa shape index (κ3) is 1.66. The molecule has 1 aromatic carbocycles. The van der Waals surface area contributed by atoms with E-state index in [1.165, 1.54) is 35.1 Å². The van der Waals surface area contributed by atoms with E-state index in [-0.39, 0.29) is 0 Å². The van der Waals surface area contributed by atoms with E-state index < -0.39 is 0 Å². The molecule has 3 aromatic heterocycles. The van der Waals surface area contributed by atoms with E-state index in [0.29, 0.717) is 0 Å². The predicted molar refractivity (Wildman–Crippen MR) is 87.4 cm³/mol. The maximum absolute atomic E-state index is 4.62. The van der Waals surface area contributed by atoms with Crippen molar-refractivity contribution in [3.63, 3.8) is 0 Å². The van der Waals surface area contributed by atoms with Crippen molar-refractivity contribution < 1.29 is 4.57 Å². The first-order valence-corrected chi connectivity index (χ1v) is 8.47. The van der Waals surface area contributed by atoms with Crippen LogP contribution in [0.5, 0.6) is 0 Å². The second-order valence-electron chi connectivity index (χ2n) is 5.75. The molecule has 3 heterocycles. The summed E-state index contributed by atoms with van der Waals surface area (Å²) in [6.45, 7) is 0. The van der Waals surface area contributed by atoms with E-state index >= 15 is 0 Å². The molecule has 1 aliphatic rings. The number of hydrogen-bond donors (Lipinski definition) is 1. The van der Waals surface area contributed by atoms with Crippen LogP contribution in [0.2, 0.25) is 0 Å². The van der Waals surface area contributed by atoms with E-state index in [0.717, 1.165) is 28.1 Å². The highest BCUT2D eigenvalue weighted by Gasteiger charge is 2.24. The van der Waals surface area contributed by atoms with Crippen molar-refractivity contribution in [2.45, 2.75) is 25.7 Å². The van der Waals surface area contributed by atoms with Crippen molar-refractivity contribution in [2.75, 3.05) is 0 Å². The van der Waals surface area contributed by atoms with Crippen LogP contribution in [0.25, 0.3) is 27.1 Å². The molecule has 0 spiro atoms. The molecule has 108 valence electrons. The highest BCUT2D eigenvalue weighted by atomic mass is 32.1. The lowest BCUT2D eigenvalue weighted by molar-refractivity contribution is -0.569. The van der Waals surface area contributed by atoms with Crippen molar-refractivity contribution in [3.8, 4) is 5.82 Å². The monoisotopic (exact) mass is 307 g/mol. The second kappa shape index (κ2) is 4.61. The van der Waals surface area contributed by atoms with E-state index in [1.807, 2.05) is 23.7 Å². The minimum atomic E-state index is 1.00. The molecule has 0 saturated heterocycles. The molecule has 0 radical (unpaired) electrons. The quantitative estimate of drug-likeness (QED) is 0.548. The molecule has 0 aliphatic heterocycles. The Morgan fingerprint density at radius 1 is 1.09 bits per heavy atom. The average Bonchev–Trinajstić information content (AvgIpc) is 3.16. The number of nitrogens with zero attached hydrogens (tertiary/aromatic N) is 3. The van der Waals surface area contributed by atoms with Gasteiger partial charge in [0.2, 0.25) is 0 Å². The smallest absolute Gasteiger partial charge is 0.276 e. The Labute approximate surface area is 131 Å². The van der Waals surface area contributed by atoms with Gasteiger partial charge in [-0.25, -0.2) is 4.98 Å². The molecule has 4 nitrogen and oxygen atoms in total. The van der Waals surface area contributed by atoms with Gasteiger partial charge in [-0.05, 0) is 43.4 Å². The molecule has 22 heavy (non-hydrogen) atoms. The summed E-state index contributed by atoms with van der Waals surface area (Å²) < 4.78 is 2.15. The van der Waals surface area contributed by atoms with Gasteiger partial charge in [0.25, 0.3) is 5.82 Å². The maximum atomic E-state index is 4.62. The van der Waals surface area contributed by atoms with Crippen molar-refractivity contribution in [2.24, 2.45) is 0 Å². The number of thiophene rings is 1. The highest BCUT2D eigenvalue weighted by Crippen LogP contribution is 2.36. The Morgan fingerprint density at radius 2 is 2.00 bits per heavy atom. The van der Waals surface area contributed by atoms with Gasteiger partial charge in [-0.2, -0.15) is 4.57 Å². The van der Waals surface area contributed by atoms with Gasteiger partial charge in [-0.3, -0.25) is 4.98 Å². The Bertz CT molecular complexity index is 998. The molecule has 1 N–H and O–H groups in total. The lowest BCUT2D eigenvalue weighted by Gasteiger charge is -2.10. The van der Waals surface area contributed by atoms with Crippen LogP contribution in [0.15, 0.2) is 36.9 Å². The van der Waals surface area contributed by atoms with E-state index in [4.69, 9.17) is 0 Å². The topological polar surface area (TPSA) is 45.5 Å². The lowest BCUT2D eigenvalue weighted by atomic mass is 9.97. The summed E-state index contributed by atoms with van der Waals surface area (Å²) in [5, 5.41) is 1.25. The minimum Gasteiger partial charge on any atom is -0.276 e. The maximum Gasteiger partial charge on any atom is 0.279 e. The SMILES string of the molecule is c1ccc2c(c1)[nH]c[n+]2-c1ncnc2sc3c(c12)CCCC3. The van der Waals surface area contributed by atoms with E-state index in [9.17, 15) is 0 Å². The molecular formula is C17H15N4S+. The fraction of sp³-hybridized carbons (Fsp3) is 0.235. The second-order valence-corrected chi connectivity index (χ2v) is 6.83. The Balaban J connectivity index is 1.86. The average molecular weight is 307 g/mol. The highest BCUT2D eigenvalue weighted by molar-refractivity contribution is 7.18. The number of hydrogen-bond acceptors (Lipinski definition) is 3. The molecule has 4 aromatic rings. The van der Waals surface area contributed by atoms with Crippen LogP contribution in [0.3, 0.4) is 0 Å².